The van der Waals surface area contributed by atoms with Gasteiger partial charge in [0, 0.05) is 37.5 Å². The fourth-order valence-corrected chi connectivity index (χ4v) is 2.26. The van der Waals surface area contributed by atoms with Crippen LogP contribution >= 0.6 is 35.7 Å². The molecule has 0 spiro atoms. The summed E-state index contributed by atoms with van der Waals surface area (Å²) in [5, 5.41) is 3.35. The highest BCUT2D eigenvalue weighted by atomic mass is 127. The van der Waals surface area contributed by atoms with E-state index in [0.29, 0.717) is 19.7 Å². The Labute approximate surface area is 161 Å². The van der Waals surface area contributed by atoms with Gasteiger partial charge >= 0.3 is 6.09 Å². The van der Waals surface area contributed by atoms with E-state index in [2.05, 4.69) is 37.2 Å². The molecule has 136 valence electrons. The summed E-state index contributed by atoms with van der Waals surface area (Å²) in [7, 11) is 0. The van der Waals surface area contributed by atoms with Crippen LogP contribution in [-0.4, -0.2) is 78.7 Å². The molecular formula is C15H31IN4O2S. The monoisotopic (exact) mass is 458 g/mol. The van der Waals surface area contributed by atoms with Crippen LogP contribution in [0.2, 0.25) is 0 Å². The summed E-state index contributed by atoms with van der Waals surface area (Å²) in [5.41, 5.74) is 0. The summed E-state index contributed by atoms with van der Waals surface area (Å²) in [5.74, 6) is 0.938. The predicted molar refractivity (Wildman–Crippen MR) is 109 cm³/mol. The zero-order valence-corrected chi connectivity index (χ0v) is 18.1. The lowest BCUT2D eigenvalue weighted by Crippen LogP contribution is -2.54. The van der Waals surface area contributed by atoms with E-state index in [4.69, 9.17) is 9.73 Å². The SMILES string of the molecule is CCNC(=NCC(C)(C)SC)N1CCN(C(=O)OCC)CC1.I. The third-order valence-electron chi connectivity index (χ3n) is 3.60. The second kappa shape index (κ2) is 11.2. The van der Waals surface area contributed by atoms with Gasteiger partial charge in [0.25, 0.3) is 0 Å². The number of carbonyl (C=O) groups is 1. The number of amides is 1. The van der Waals surface area contributed by atoms with Crippen molar-refractivity contribution in [1.29, 1.82) is 0 Å². The number of guanidine groups is 1. The van der Waals surface area contributed by atoms with Crippen LogP contribution in [0.5, 0.6) is 0 Å². The van der Waals surface area contributed by atoms with E-state index in [1.165, 1.54) is 0 Å². The summed E-state index contributed by atoms with van der Waals surface area (Å²) in [6, 6.07) is 0. The van der Waals surface area contributed by atoms with Crippen LogP contribution in [0.25, 0.3) is 0 Å². The Balaban J connectivity index is 0.00000484. The molecule has 1 saturated heterocycles. The Morgan fingerprint density at radius 2 is 1.78 bits per heavy atom. The van der Waals surface area contributed by atoms with Crippen LogP contribution in [0.4, 0.5) is 4.79 Å². The van der Waals surface area contributed by atoms with Gasteiger partial charge in [0.1, 0.15) is 0 Å². The van der Waals surface area contributed by atoms with Crippen molar-refractivity contribution >= 4 is 47.8 Å². The number of carbonyl (C=O) groups excluding carboxylic acids is 1. The Hall–Kier alpha value is -0.380. The van der Waals surface area contributed by atoms with Gasteiger partial charge in [-0.25, -0.2) is 4.79 Å². The molecule has 0 saturated carbocycles. The Kier molecular flexibility index (Phi) is 11.0. The van der Waals surface area contributed by atoms with E-state index in [9.17, 15) is 4.79 Å². The normalized spacial score (nSPS) is 16.0. The molecule has 1 aliphatic rings. The van der Waals surface area contributed by atoms with E-state index in [0.717, 1.165) is 32.1 Å². The van der Waals surface area contributed by atoms with Gasteiger partial charge in [-0.1, -0.05) is 0 Å². The third-order valence-corrected chi connectivity index (χ3v) is 4.84. The zero-order valence-electron chi connectivity index (χ0n) is 14.9. The van der Waals surface area contributed by atoms with Crippen LogP contribution < -0.4 is 5.32 Å². The van der Waals surface area contributed by atoms with E-state index in [1.807, 2.05) is 18.7 Å². The van der Waals surface area contributed by atoms with Gasteiger partial charge in [-0.2, -0.15) is 11.8 Å². The lowest BCUT2D eigenvalue weighted by atomic mass is 10.2. The van der Waals surface area contributed by atoms with Gasteiger partial charge in [0.15, 0.2) is 5.96 Å². The molecular weight excluding hydrogens is 427 g/mol. The van der Waals surface area contributed by atoms with Gasteiger partial charge in [-0.15, -0.1) is 24.0 Å². The summed E-state index contributed by atoms with van der Waals surface area (Å²) >= 11 is 1.82. The molecule has 1 rings (SSSR count). The van der Waals surface area contributed by atoms with Gasteiger partial charge in [-0.3, -0.25) is 4.99 Å². The van der Waals surface area contributed by atoms with Crippen LogP contribution in [0.3, 0.4) is 0 Å². The zero-order chi connectivity index (χ0) is 16.6. The minimum absolute atomic E-state index is 0. The van der Waals surface area contributed by atoms with Crippen molar-refractivity contribution in [2.75, 3.05) is 52.1 Å². The lowest BCUT2D eigenvalue weighted by molar-refractivity contribution is 0.0914. The highest BCUT2D eigenvalue weighted by molar-refractivity contribution is 14.0. The quantitative estimate of drug-likeness (QED) is 0.390. The molecule has 23 heavy (non-hydrogen) atoms. The summed E-state index contributed by atoms with van der Waals surface area (Å²) in [4.78, 5) is 20.5. The summed E-state index contributed by atoms with van der Waals surface area (Å²) in [6.07, 6.45) is 1.90. The number of halogens is 1. The highest BCUT2D eigenvalue weighted by Crippen LogP contribution is 2.21. The maximum atomic E-state index is 11.7. The van der Waals surface area contributed by atoms with Gasteiger partial charge in [0.2, 0.25) is 0 Å². The molecule has 0 aliphatic carbocycles. The predicted octanol–water partition coefficient (Wildman–Crippen LogP) is 2.49. The number of hydrogen-bond donors (Lipinski definition) is 1. The highest BCUT2D eigenvalue weighted by Gasteiger charge is 2.24. The van der Waals surface area contributed by atoms with Crippen molar-refractivity contribution in [2.45, 2.75) is 32.4 Å². The molecule has 8 heteroatoms. The van der Waals surface area contributed by atoms with Crippen molar-refractivity contribution in [2.24, 2.45) is 4.99 Å². The number of hydrogen-bond acceptors (Lipinski definition) is 4. The lowest BCUT2D eigenvalue weighted by Gasteiger charge is -2.36. The summed E-state index contributed by atoms with van der Waals surface area (Å²) < 4.78 is 5.18. The first kappa shape index (κ1) is 22.6. The van der Waals surface area contributed by atoms with Crippen molar-refractivity contribution in [3.63, 3.8) is 0 Å². The largest absolute Gasteiger partial charge is 0.450 e. The Morgan fingerprint density at radius 1 is 1.22 bits per heavy atom. The van der Waals surface area contributed by atoms with E-state index in [1.54, 1.807) is 4.90 Å². The number of aliphatic imine (C=N–C) groups is 1. The number of nitrogens with zero attached hydrogens (tertiary/aromatic N) is 3. The minimum Gasteiger partial charge on any atom is -0.450 e. The smallest absolute Gasteiger partial charge is 0.409 e. The van der Waals surface area contributed by atoms with Crippen molar-refractivity contribution < 1.29 is 9.53 Å². The molecule has 1 heterocycles. The Bertz CT molecular complexity index is 386. The van der Waals surface area contributed by atoms with Crippen LogP contribution in [-0.2, 0) is 4.74 Å². The first-order valence-corrected chi connectivity index (χ1v) is 9.16. The number of ether oxygens (including phenoxy) is 1. The second-order valence-corrected chi connectivity index (χ2v) is 7.32. The van der Waals surface area contributed by atoms with Crippen LogP contribution in [0, 0.1) is 0 Å². The van der Waals surface area contributed by atoms with E-state index >= 15 is 0 Å². The topological polar surface area (TPSA) is 57.2 Å². The van der Waals surface area contributed by atoms with Gasteiger partial charge in [-0.05, 0) is 34.0 Å². The molecule has 0 aromatic heterocycles. The Morgan fingerprint density at radius 3 is 2.26 bits per heavy atom. The number of rotatable bonds is 5. The average molecular weight is 458 g/mol. The standard InChI is InChI=1S/C15H30N4O2S.HI/c1-6-16-13(17-12-15(3,4)22-5)18-8-10-19(11-9-18)14(20)21-7-2;/h6-12H2,1-5H3,(H,16,17);1H. The fourth-order valence-electron chi connectivity index (χ4n) is 2.07. The molecule has 0 unspecified atom stereocenters. The second-order valence-electron chi connectivity index (χ2n) is 5.81. The maximum absolute atomic E-state index is 11.7. The molecule has 0 radical (unpaired) electrons. The van der Waals surface area contributed by atoms with Gasteiger partial charge < -0.3 is 19.9 Å². The van der Waals surface area contributed by atoms with Crippen molar-refractivity contribution in [3.8, 4) is 0 Å². The number of thioether (sulfide) groups is 1. The molecule has 0 aromatic rings. The van der Waals surface area contributed by atoms with Crippen LogP contribution in [0.1, 0.15) is 27.7 Å². The minimum atomic E-state index is -0.215. The van der Waals surface area contributed by atoms with Crippen LogP contribution in [0.15, 0.2) is 4.99 Å². The number of nitrogens with one attached hydrogen (secondary N) is 1. The molecule has 1 fully saturated rings. The third kappa shape index (κ3) is 7.82. The van der Waals surface area contributed by atoms with Crippen molar-refractivity contribution in [3.05, 3.63) is 0 Å². The van der Waals surface area contributed by atoms with E-state index < -0.39 is 0 Å². The maximum Gasteiger partial charge on any atom is 0.409 e. The number of piperazine rings is 1. The first-order valence-electron chi connectivity index (χ1n) is 7.93. The fraction of sp³-hybridized carbons (Fsp3) is 0.867. The molecule has 1 aliphatic heterocycles. The molecule has 0 atom stereocenters. The molecule has 0 bridgehead atoms. The first-order chi connectivity index (χ1) is 10.4. The summed E-state index contributed by atoms with van der Waals surface area (Å²) in [6.45, 7) is 13.3. The molecule has 6 nitrogen and oxygen atoms in total. The van der Waals surface area contributed by atoms with Crippen molar-refractivity contribution in [1.82, 2.24) is 15.1 Å². The van der Waals surface area contributed by atoms with Gasteiger partial charge in [0.05, 0.1) is 13.2 Å². The van der Waals surface area contributed by atoms with E-state index in [-0.39, 0.29) is 34.8 Å². The molecule has 0 aromatic carbocycles. The molecule has 1 N–H and O–H groups in total. The average Bonchev–Trinajstić information content (AvgIpc) is 2.52. The molecule has 1 amide bonds.